The van der Waals surface area contributed by atoms with Crippen LogP contribution < -0.4 is 10.1 Å². The van der Waals surface area contributed by atoms with Crippen LogP contribution in [0.15, 0.2) is 18.2 Å². The summed E-state index contributed by atoms with van der Waals surface area (Å²) in [7, 11) is 1.63. The second-order valence-electron chi connectivity index (χ2n) is 4.56. The van der Waals surface area contributed by atoms with E-state index in [9.17, 15) is 5.11 Å². The average Bonchev–Trinajstić information content (AvgIpc) is 2.41. The third-order valence-electron chi connectivity index (χ3n) is 3.65. The molecular formula is C14H22ClNO2. The molecular weight excluding hydrogens is 250 g/mol. The Morgan fingerprint density at radius 3 is 2.50 bits per heavy atom. The zero-order valence-electron chi connectivity index (χ0n) is 11.3. The van der Waals surface area contributed by atoms with Gasteiger partial charge in [0.1, 0.15) is 5.75 Å². The standard InChI is InChI=1S/C14H22ClNO2/c1-4-14(5-2,10-17)9-16-12-8-11(15)6-7-13(12)18-3/h6-8,16-17H,4-5,9-10H2,1-3H3. The molecule has 0 heterocycles. The molecule has 0 aliphatic heterocycles. The lowest BCUT2D eigenvalue weighted by atomic mass is 9.83. The Hall–Kier alpha value is -0.930. The van der Waals surface area contributed by atoms with Gasteiger partial charge in [0.05, 0.1) is 19.4 Å². The first kappa shape index (κ1) is 15.1. The smallest absolute Gasteiger partial charge is 0.142 e. The third-order valence-corrected chi connectivity index (χ3v) is 3.89. The van der Waals surface area contributed by atoms with E-state index in [1.807, 2.05) is 12.1 Å². The number of halogens is 1. The molecule has 18 heavy (non-hydrogen) atoms. The lowest BCUT2D eigenvalue weighted by molar-refractivity contribution is 0.127. The molecule has 0 fully saturated rings. The molecule has 0 aromatic heterocycles. The number of hydrogen-bond donors (Lipinski definition) is 2. The second kappa shape index (κ2) is 6.86. The normalized spacial score (nSPS) is 11.4. The first-order valence-corrected chi connectivity index (χ1v) is 6.67. The van der Waals surface area contributed by atoms with Gasteiger partial charge in [-0.3, -0.25) is 0 Å². The predicted molar refractivity (Wildman–Crippen MR) is 76.6 cm³/mol. The molecule has 0 spiro atoms. The van der Waals surface area contributed by atoms with Crippen molar-refractivity contribution in [2.75, 3.05) is 25.6 Å². The molecule has 0 aliphatic carbocycles. The number of rotatable bonds is 7. The zero-order chi connectivity index (χ0) is 13.6. The molecule has 0 amide bonds. The minimum absolute atomic E-state index is 0.0900. The van der Waals surface area contributed by atoms with Crippen molar-refractivity contribution in [1.29, 1.82) is 0 Å². The van der Waals surface area contributed by atoms with Gasteiger partial charge < -0.3 is 15.2 Å². The Morgan fingerprint density at radius 2 is 2.00 bits per heavy atom. The Morgan fingerprint density at radius 1 is 1.33 bits per heavy atom. The van der Waals surface area contributed by atoms with Gasteiger partial charge in [-0.1, -0.05) is 25.4 Å². The highest BCUT2D eigenvalue weighted by Gasteiger charge is 2.25. The number of methoxy groups -OCH3 is 1. The maximum atomic E-state index is 9.54. The van der Waals surface area contributed by atoms with Crippen molar-refractivity contribution in [2.24, 2.45) is 5.41 Å². The van der Waals surface area contributed by atoms with E-state index in [2.05, 4.69) is 19.2 Å². The fourth-order valence-electron chi connectivity index (χ4n) is 1.88. The molecule has 0 atom stereocenters. The van der Waals surface area contributed by atoms with Crippen LogP contribution >= 0.6 is 11.6 Å². The Balaban J connectivity index is 2.81. The molecule has 4 heteroatoms. The molecule has 102 valence electrons. The summed E-state index contributed by atoms with van der Waals surface area (Å²) in [4.78, 5) is 0. The molecule has 0 radical (unpaired) electrons. The fourth-order valence-corrected chi connectivity index (χ4v) is 2.05. The summed E-state index contributed by atoms with van der Waals surface area (Å²) >= 11 is 5.98. The molecule has 0 saturated carbocycles. The van der Waals surface area contributed by atoms with E-state index in [1.54, 1.807) is 13.2 Å². The number of ether oxygens (including phenoxy) is 1. The molecule has 0 bridgehead atoms. The van der Waals surface area contributed by atoms with Crippen LogP contribution in [0.1, 0.15) is 26.7 Å². The van der Waals surface area contributed by atoms with Gasteiger partial charge in [0.25, 0.3) is 0 Å². The lowest BCUT2D eigenvalue weighted by Gasteiger charge is -2.30. The van der Waals surface area contributed by atoms with Gasteiger partial charge in [-0.25, -0.2) is 0 Å². The summed E-state index contributed by atoms with van der Waals surface area (Å²) < 4.78 is 5.28. The second-order valence-corrected chi connectivity index (χ2v) is 5.00. The van der Waals surface area contributed by atoms with E-state index >= 15 is 0 Å². The van der Waals surface area contributed by atoms with E-state index in [0.717, 1.165) is 24.3 Å². The van der Waals surface area contributed by atoms with Crippen LogP contribution in [0.2, 0.25) is 5.02 Å². The maximum absolute atomic E-state index is 9.54. The van der Waals surface area contributed by atoms with Gasteiger partial charge in [-0.2, -0.15) is 0 Å². The number of benzene rings is 1. The summed E-state index contributed by atoms with van der Waals surface area (Å²) in [6, 6.07) is 5.47. The van der Waals surface area contributed by atoms with Crippen LogP contribution in [-0.2, 0) is 0 Å². The monoisotopic (exact) mass is 271 g/mol. The van der Waals surface area contributed by atoms with Crippen LogP contribution in [0.3, 0.4) is 0 Å². The molecule has 0 saturated heterocycles. The van der Waals surface area contributed by atoms with E-state index in [1.165, 1.54) is 0 Å². The molecule has 0 aliphatic rings. The van der Waals surface area contributed by atoms with Gasteiger partial charge in [0.2, 0.25) is 0 Å². The fraction of sp³-hybridized carbons (Fsp3) is 0.571. The van der Waals surface area contributed by atoms with Crippen LogP contribution in [0.25, 0.3) is 0 Å². The molecule has 1 rings (SSSR count). The van der Waals surface area contributed by atoms with Crippen molar-refractivity contribution in [2.45, 2.75) is 26.7 Å². The van der Waals surface area contributed by atoms with E-state index in [0.29, 0.717) is 11.6 Å². The summed E-state index contributed by atoms with van der Waals surface area (Å²) in [5.74, 6) is 0.762. The minimum atomic E-state index is -0.0900. The minimum Gasteiger partial charge on any atom is -0.495 e. The molecule has 1 aromatic rings. The van der Waals surface area contributed by atoms with Crippen molar-refractivity contribution in [3.8, 4) is 5.75 Å². The summed E-state index contributed by atoms with van der Waals surface area (Å²) in [5.41, 5.74) is 0.776. The number of nitrogens with one attached hydrogen (secondary N) is 1. The number of aliphatic hydroxyl groups excluding tert-OH is 1. The Labute approximate surface area is 114 Å². The van der Waals surface area contributed by atoms with Crippen molar-refractivity contribution < 1.29 is 9.84 Å². The highest BCUT2D eigenvalue weighted by Crippen LogP contribution is 2.31. The number of aliphatic hydroxyl groups is 1. The summed E-state index contributed by atoms with van der Waals surface area (Å²) in [6.45, 7) is 5.07. The van der Waals surface area contributed by atoms with Crippen LogP contribution in [0.4, 0.5) is 5.69 Å². The van der Waals surface area contributed by atoms with Crippen molar-refractivity contribution in [3.05, 3.63) is 23.2 Å². The molecule has 1 aromatic carbocycles. The van der Waals surface area contributed by atoms with Crippen molar-refractivity contribution in [1.82, 2.24) is 0 Å². The van der Waals surface area contributed by atoms with Crippen LogP contribution in [0.5, 0.6) is 5.75 Å². The topological polar surface area (TPSA) is 41.5 Å². The predicted octanol–water partition coefficient (Wildman–Crippen LogP) is 3.56. The SMILES string of the molecule is CCC(CC)(CO)CNc1cc(Cl)ccc1OC. The zero-order valence-corrected chi connectivity index (χ0v) is 12.0. The number of anilines is 1. The van der Waals surface area contributed by atoms with E-state index in [-0.39, 0.29) is 12.0 Å². The highest BCUT2D eigenvalue weighted by molar-refractivity contribution is 6.30. The Kier molecular flexibility index (Phi) is 5.76. The molecule has 3 nitrogen and oxygen atoms in total. The van der Waals surface area contributed by atoms with Gasteiger partial charge in [-0.05, 0) is 31.0 Å². The Bertz CT molecular complexity index is 370. The third kappa shape index (κ3) is 3.53. The largest absolute Gasteiger partial charge is 0.495 e. The summed E-state index contributed by atoms with van der Waals surface area (Å²) in [5, 5.41) is 13.5. The van der Waals surface area contributed by atoms with Gasteiger partial charge in [-0.15, -0.1) is 0 Å². The van der Waals surface area contributed by atoms with Crippen molar-refractivity contribution >= 4 is 17.3 Å². The molecule has 2 N–H and O–H groups in total. The lowest BCUT2D eigenvalue weighted by Crippen LogP contribution is -2.32. The first-order valence-electron chi connectivity index (χ1n) is 6.29. The van der Waals surface area contributed by atoms with Gasteiger partial charge in [0, 0.05) is 17.0 Å². The summed E-state index contributed by atoms with van der Waals surface area (Å²) in [6.07, 6.45) is 1.85. The van der Waals surface area contributed by atoms with Crippen LogP contribution in [-0.4, -0.2) is 25.4 Å². The average molecular weight is 272 g/mol. The maximum Gasteiger partial charge on any atom is 0.142 e. The van der Waals surface area contributed by atoms with Crippen LogP contribution in [0, 0.1) is 5.41 Å². The first-order chi connectivity index (χ1) is 8.60. The molecule has 0 unspecified atom stereocenters. The quantitative estimate of drug-likeness (QED) is 0.797. The highest BCUT2D eigenvalue weighted by atomic mass is 35.5. The van der Waals surface area contributed by atoms with E-state index < -0.39 is 0 Å². The van der Waals surface area contributed by atoms with E-state index in [4.69, 9.17) is 16.3 Å². The van der Waals surface area contributed by atoms with Crippen molar-refractivity contribution in [3.63, 3.8) is 0 Å². The van der Waals surface area contributed by atoms with Gasteiger partial charge in [0.15, 0.2) is 0 Å². The number of hydrogen-bond acceptors (Lipinski definition) is 3. The van der Waals surface area contributed by atoms with Gasteiger partial charge >= 0.3 is 0 Å².